The van der Waals surface area contributed by atoms with Crippen molar-refractivity contribution in [3.63, 3.8) is 0 Å². The van der Waals surface area contributed by atoms with Crippen molar-refractivity contribution in [2.24, 2.45) is 0 Å². The SMILES string of the molecule is [2H]c1ccc(OC)c(C([2H])([2H])[2H])c1. The lowest BCUT2D eigenvalue weighted by atomic mass is 10.2. The van der Waals surface area contributed by atoms with E-state index >= 15 is 0 Å². The van der Waals surface area contributed by atoms with Gasteiger partial charge in [-0.15, -0.1) is 0 Å². The molecule has 48 valence electrons. The minimum atomic E-state index is -2.22. The summed E-state index contributed by atoms with van der Waals surface area (Å²) >= 11 is 0. The van der Waals surface area contributed by atoms with Crippen LogP contribution in [0.25, 0.3) is 0 Å². The quantitative estimate of drug-likeness (QED) is 0.559. The Labute approximate surface area is 60.9 Å². The Kier molecular flexibility index (Phi) is 0.770. The highest BCUT2D eigenvalue weighted by Crippen LogP contribution is 2.14. The molecule has 0 aromatic heterocycles. The molecule has 0 N–H and O–H groups in total. The van der Waals surface area contributed by atoms with Crippen molar-refractivity contribution in [1.29, 1.82) is 0 Å². The second kappa shape index (κ2) is 2.53. The zero-order valence-electron chi connectivity index (χ0n) is 9.14. The Bertz CT molecular complexity index is 306. The van der Waals surface area contributed by atoms with Crippen LogP contribution in [-0.2, 0) is 0 Å². The van der Waals surface area contributed by atoms with Crippen molar-refractivity contribution in [3.8, 4) is 5.75 Å². The van der Waals surface area contributed by atoms with Gasteiger partial charge >= 0.3 is 0 Å². The predicted octanol–water partition coefficient (Wildman–Crippen LogP) is 2.00. The third-order valence-electron chi connectivity index (χ3n) is 1.04. The first-order valence-electron chi connectivity index (χ1n) is 4.60. The number of hydrogen-bond acceptors (Lipinski definition) is 1. The van der Waals surface area contributed by atoms with Crippen molar-refractivity contribution in [2.75, 3.05) is 7.11 Å². The molecule has 0 heterocycles. The van der Waals surface area contributed by atoms with Crippen molar-refractivity contribution >= 4 is 0 Å². The molecule has 0 aliphatic heterocycles. The molecule has 0 bridgehead atoms. The topological polar surface area (TPSA) is 9.23 Å². The molecular weight excluding hydrogens is 112 g/mol. The smallest absolute Gasteiger partial charge is 0.121 e. The normalized spacial score (nSPS) is 17.0. The Morgan fingerprint density at radius 1 is 1.67 bits per heavy atom. The van der Waals surface area contributed by atoms with E-state index in [1.165, 1.54) is 25.3 Å². The van der Waals surface area contributed by atoms with Gasteiger partial charge in [-0.25, -0.2) is 0 Å². The van der Waals surface area contributed by atoms with E-state index in [4.69, 9.17) is 10.2 Å². The fourth-order valence-electron chi connectivity index (χ4n) is 0.594. The van der Waals surface area contributed by atoms with E-state index < -0.39 is 6.85 Å². The van der Waals surface area contributed by atoms with Gasteiger partial charge < -0.3 is 4.74 Å². The summed E-state index contributed by atoms with van der Waals surface area (Å²) in [6.07, 6.45) is 0. The third kappa shape index (κ3) is 1.22. The molecule has 1 rings (SSSR count). The minimum absolute atomic E-state index is 0.0856. The van der Waals surface area contributed by atoms with Crippen LogP contribution in [0.15, 0.2) is 24.2 Å². The number of methoxy groups -OCH3 is 1. The van der Waals surface area contributed by atoms with Crippen molar-refractivity contribution < 1.29 is 10.2 Å². The van der Waals surface area contributed by atoms with Crippen LogP contribution in [0.2, 0.25) is 0 Å². The largest absolute Gasteiger partial charge is 0.496 e. The van der Waals surface area contributed by atoms with E-state index in [-0.39, 0.29) is 11.6 Å². The van der Waals surface area contributed by atoms with Crippen LogP contribution < -0.4 is 4.74 Å². The molecule has 0 atom stereocenters. The van der Waals surface area contributed by atoms with E-state index in [1.54, 1.807) is 0 Å². The Morgan fingerprint density at radius 2 is 2.56 bits per heavy atom. The first kappa shape index (κ1) is 2.74. The number of aryl methyl sites for hydroxylation is 1. The summed E-state index contributed by atoms with van der Waals surface area (Å²) in [6, 6.07) is 4.45. The number of para-hydroxylation sites is 1. The number of rotatable bonds is 1. The molecule has 0 saturated carbocycles. The maximum Gasteiger partial charge on any atom is 0.121 e. The molecule has 0 radical (unpaired) electrons. The zero-order valence-corrected chi connectivity index (χ0v) is 5.14. The molecule has 0 aliphatic rings. The highest BCUT2D eigenvalue weighted by atomic mass is 16.5. The van der Waals surface area contributed by atoms with Crippen LogP contribution in [-0.4, -0.2) is 7.11 Å². The van der Waals surface area contributed by atoms with Gasteiger partial charge in [0.15, 0.2) is 0 Å². The fourth-order valence-corrected chi connectivity index (χ4v) is 0.594. The standard InChI is InChI=1S/C8H10O/c1-7-5-3-4-6-8(7)9-2/h3-6H,1-2H3/i1D3,3D. The van der Waals surface area contributed by atoms with E-state index in [1.807, 2.05) is 0 Å². The fraction of sp³-hybridized carbons (Fsp3) is 0.250. The highest BCUT2D eigenvalue weighted by Gasteiger charge is 1.90. The average molecular weight is 126 g/mol. The van der Waals surface area contributed by atoms with Gasteiger partial charge in [0.1, 0.15) is 5.75 Å². The van der Waals surface area contributed by atoms with Gasteiger partial charge in [0, 0.05) is 4.11 Å². The average Bonchev–Trinajstić information content (AvgIpc) is 2.03. The molecule has 0 aliphatic carbocycles. The van der Waals surface area contributed by atoms with Crippen molar-refractivity contribution in [3.05, 3.63) is 29.8 Å². The molecule has 1 nitrogen and oxygen atoms in total. The highest BCUT2D eigenvalue weighted by molar-refractivity contribution is 5.31. The molecule has 1 aromatic carbocycles. The van der Waals surface area contributed by atoms with Crippen LogP contribution in [0, 0.1) is 6.85 Å². The van der Waals surface area contributed by atoms with Crippen LogP contribution in [0.3, 0.4) is 0 Å². The summed E-state index contributed by atoms with van der Waals surface area (Å²) in [5, 5.41) is 0. The lowest BCUT2D eigenvalue weighted by Gasteiger charge is -2.00. The van der Waals surface area contributed by atoms with Gasteiger partial charge in [0.2, 0.25) is 0 Å². The summed E-state index contributed by atoms with van der Waals surface area (Å²) in [4.78, 5) is 0. The summed E-state index contributed by atoms with van der Waals surface area (Å²) < 4.78 is 33.7. The van der Waals surface area contributed by atoms with Gasteiger partial charge in [0.25, 0.3) is 0 Å². The van der Waals surface area contributed by atoms with Crippen LogP contribution in [0.1, 0.15) is 11.0 Å². The van der Waals surface area contributed by atoms with E-state index in [0.29, 0.717) is 5.75 Å². The molecule has 0 amide bonds. The lowest BCUT2D eigenvalue weighted by molar-refractivity contribution is 0.411. The van der Waals surface area contributed by atoms with E-state index in [0.717, 1.165) is 0 Å². The monoisotopic (exact) mass is 126 g/mol. The zero-order chi connectivity index (χ0) is 10.1. The molecule has 0 saturated heterocycles. The van der Waals surface area contributed by atoms with Crippen LogP contribution in [0.4, 0.5) is 0 Å². The lowest BCUT2D eigenvalue weighted by Crippen LogP contribution is -1.84. The van der Waals surface area contributed by atoms with Gasteiger partial charge in [-0.3, -0.25) is 0 Å². The summed E-state index contributed by atoms with van der Waals surface area (Å²) in [7, 11) is 1.41. The summed E-state index contributed by atoms with van der Waals surface area (Å²) in [5.41, 5.74) is 0.0856. The number of hydrogen-bond donors (Lipinski definition) is 0. The molecule has 1 heteroatoms. The third-order valence-corrected chi connectivity index (χ3v) is 1.04. The first-order valence-corrected chi connectivity index (χ1v) is 2.60. The van der Waals surface area contributed by atoms with E-state index in [2.05, 4.69) is 0 Å². The van der Waals surface area contributed by atoms with Crippen LogP contribution in [0.5, 0.6) is 5.75 Å². The number of ether oxygens (including phenoxy) is 1. The molecule has 1 aromatic rings. The van der Waals surface area contributed by atoms with Gasteiger partial charge in [-0.05, 0) is 18.5 Å². The molecular formula is C8H10O. The van der Waals surface area contributed by atoms with E-state index in [9.17, 15) is 0 Å². The second-order valence-electron chi connectivity index (χ2n) is 1.63. The molecule has 9 heavy (non-hydrogen) atoms. The molecule has 0 fully saturated rings. The minimum Gasteiger partial charge on any atom is -0.496 e. The Balaban J connectivity index is 3.24. The summed E-state index contributed by atoms with van der Waals surface area (Å²) in [6.45, 7) is -2.22. The van der Waals surface area contributed by atoms with Crippen molar-refractivity contribution in [2.45, 2.75) is 6.85 Å². The maximum absolute atomic E-state index is 7.28. The first-order chi connectivity index (χ1) is 5.95. The van der Waals surface area contributed by atoms with Gasteiger partial charge in [-0.2, -0.15) is 0 Å². The van der Waals surface area contributed by atoms with Gasteiger partial charge in [0.05, 0.1) is 8.48 Å². The van der Waals surface area contributed by atoms with Crippen molar-refractivity contribution in [1.82, 2.24) is 0 Å². The molecule has 0 unspecified atom stereocenters. The Hall–Kier alpha value is -0.980. The van der Waals surface area contributed by atoms with Crippen LogP contribution >= 0.6 is 0 Å². The maximum atomic E-state index is 7.28. The Morgan fingerprint density at radius 3 is 3.22 bits per heavy atom. The predicted molar refractivity (Wildman–Crippen MR) is 37.7 cm³/mol. The molecule has 0 spiro atoms. The number of benzene rings is 1. The van der Waals surface area contributed by atoms with Gasteiger partial charge in [-0.1, -0.05) is 18.2 Å². The summed E-state index contributed by atoms with van der Waals surface area (Å²) in [5.74, 6) is 0.302. The second-order valence-corrected chi connectivity index (χ2v) is 1.63.